The van der Waals surface area contributed by atoms with Crippen molar-refractivity contribution < 1.29 is 4.74 Å². The van der Waals surface area contributed by atoms with Crippen LogP contribution in [0.3, 0.4) is 0 Å². The molecular formula is C21H23N5O3. The van der Waals surface area contributed by atoms with Crippen LogP contribution in [0.4, 0.5) is 0 Å². The molecule has 150 valence electrons. The van der Waals surface area contributed by atoms with E-state index in [-0.39, 0.29) is 5.56 Å². The standard InChI is InChI=1S/C21H23N5O3/c1-6-7-12-29-16-11-9-8-10-15(16)25-13(2)14(3)26-17-18(22-20(25)26)23(4)21(28)24(5)19(17)27/h6-11H,12H2,1-5H3/b7-6-. The molecule has 3 aromatic heterocycles. The van der Waals surface area contributed by atoms with E-state index in [1.54, 1.807) is 7.05 Å². The van der Waals surface area contributed by atoms with Crippen LogP contribution < -0.4 is 16.0 Å². The van der Waals surface area contributed by atoms with E-state index in [1.807, 2.05) is 66.2 Å². The minimum Gasteiger partial charge on any atom is -0.487 e. The van der Waals surface area contributed by atoms with Crippen molar-refractivity contribution in [3.8, 4) is 11.4 Å². The Morgan fingerprint density at radius 1 is 1.07 bits per heavy atom. The van der Waals surface area contributed by atoms with Gasteiger partial charge in [-0.15, -0.1) is 0 Å². The van der Waals surface area contributed by atoms with Crippen molar-refractivity contribution in [3.63, 3.8) is 0 Å². The molecular weight excluding hydrogens is 370 g/mol. The summed E-state index contributed by atoms with van der Waals surface area (Å²) in [6.45, 7) is 6.31. The third-order valence-electron chi connectivity index (χ3n) is 5.31. The Balaban J connectivity index is 2.10. The molecule has 1 aromatic carbocycles. The number of rotatable bonds is 4. The van der Waals surface area contributed by atoms with Gasteiger partial charge in [-0.25, -0.2) is 4.79 Å². The first-order chi connectivity index (χ1) is 13.9. The number of aryl methyl sites for hydroxylation is 2. The van der Waals surface area contributed by atoms with Crippen molar-refractivity contribution >= 4 is 16.9 Å². The molecule has 0 unspecified atom stereocenters. The highest BCUT2D eigenvalue weighted by Gasteiger charge is 2.23. The summed E-state index contributed by atoms with van der Waals surface area (Å²) >= 11 is 0. The molecule has 4 aromatic rings. The summed E-state index contributed by atoms with van der Waals surface area (Å²) in [7, 11) is 3.10. The Bertz CT molecular complexity index is 1400. The predicted molar refractivity (Wildman–Crippen MR) is 112 cm³/mol. The second-order valence-corrected chi connectivity index (χ2v) is 6.98. The van der Waals surface area contributed by atoms with E-state index in [4.69, 9.17) is 4.74 Å². The van der Waals surface area contributed by atoms with Crippen molar-refractivity contribution in [3.05, 3.63) is 68.6 Å². The average molecular weight is 393 g/mol. The number of allylic oxidation sites excluding steroid dienone is 1. The fraction of sp³-hybridized carbons (Fsp3) is 0.286. The van der Waals surface area contributed by atoms with E-state index in [0.29, 0.717) is 29.3 Å². The highest BCUT2D eigenvalue weighted by Crippen LogP contribution is 2.29. The number of hydrogen-bond donors (Lipinski definition) is 0. The van der Waals surface area contributed by atoms with Crippen molar-refractivity contribution in [1.29, 1.82) is 0 Å². The fourth-order valence-corrected chi connectivity index (χ4v) is 3.61. The molecule has 0 aliphatic heterocycles. The highest BCUT2D eigenvalue weighted by molar-refractivity contribution is 5.77. The average Bonchev–Trinajstić information content (AvgIpc) is 3.21. The summed E-state index contributed by atoms with van der Waals surface area (Å²) in [6.07, 6.45) is 3.87. The van der Waals surface area contributed by atoms with E-state index >= 15 is 0 Å². The van der Waals surface area contributed by atoms with Gasteiger partial charge in [-0.2, -0.15) is 4.98 Å². The lowest BCUT2D eigenvalue weighted by molar-refractivity contribution is 0.361. The van der Waals surface area contributed by atoms with E-state index < -0.39 is 5.69 Å². The number of hydrogen-bond acceptors (Lipinski definition) is 4. The number of imidazole rings is 2. The van der Waals surface area contributed by atoms with Gasteiger partial charge in [0.1, 0.15) is 12.4 Å². The lowest BCUT2D eigenvalue weighted by Crippen LogP contribution is -2.37. The number of fused-ring (bicyclic) bond motifs is 3. The second kappa shape index (κ2) is 6.80. The summed E-state index contributed by atoms with van der Waals surface area (Å²) in [5, 5.41) is 0. The van der Waals surface area contributed by atoms with E-state index in [2.05, 4.69) is 4.98 Å². The van der Waals surface area contributed by atoms with Gasteiger partial charge in [-0.1, -0.05) is 24.3 Å². The molecule has 29 heavy (non-hydrogen) atoms. The maximum absolute atomic E-state index is 12.9. The van der Waals surface area contributed by atoms with Crippen LogP contribution >= 0.6 is 0 Å². The smallest absolute Gasteiger partial charge is 0.332 e. The minimum absolute atomic E-state index is 0.359. The van der Waals surface area contributed by atoms with Crippen LogP contribution in [0, 0.1) is 13.8 Å². The zero-order chi connectivity index (χ0) is 20.9. The number of nitrogens with zero attached hydrogens (tertiary/aromatic N) is 5. The Kier molecular flexibility index (Phi) is 4.41. The van der Waals surface area contributed by atoms with Gasteiger partial charge in [-0.3, -0.25) is 22.9 Å². The second-order valence-electron chi connectivity index (χ2n) is 6.98. The highest BCUT2D eigenvalue weighted by atomic mass is 16.5. The van der Waals surface area contributed by atoms with Gasteiger partial charge < -0.3 is 4.74 Å². The van der Waals surface area contributed by atoms with Crippen molar-refractivity contribution in [2.75, 3.05) is 6.61 Å². The third kappa shape index (κ3) is 2.63. The van der Waals surface area contributed by atoms with Gasteiger partial charge in [0.05, 0.1) is 5.69 Å². The van der Waals surface area contributed by atoms with Crippen LogP contribution in [-0.2, 0) is 14.1 Å². The molecule has 3 heterocycles. The Hall–Kier alpha value is -3.55. The molecule has 0 aliphatic rings. The topological polar surface area (TPSA) is 75.5 Å². The zero-order valence-corrected chi connectivity index (χ0v) is 17.1. The van der Waals surface area contributed by atoms with Gasteiger partial charge in [-0.05, 0) is 32.9 Å². The minimum atomic E-state index is -0.403. The number of aromatic nitrogens is 5. The molecule has 0 atom stereocenters. The van der Waals surface area contributed by atoms with Crippen LogP contribution in [0.25, 0.3) is 22.6 Å². The van der Waals surface area contributed by atoms with Gasteiger partial charge in [0.25, 0.3) is 5.56 Å². The van der Waals surface area contributed by atoms with Gasteiger partial charge >= 0.3 is 5.69 Å². The molecule has 0 spiro atoms. The van der Waals surface area contributed by atoms with Crippen molar-refractivity contribution in [2.24, 2.45) is 14.1 Å². The molecule has 0 bridgehead atoms. The summed E-state index contributed by atoms with van der Waals surface area (Å²) < 4.78 is 12.2. The monoisotopic (exact) mass is 393 g/mol. The van der Waals surface area contributed by atoms with E-state index in [0.717, 1.165) is 21.6 Å². The quantitative estimate of drug-likeness (QED) is 0.499. The first kappa shape index (κ1) is 18.8. The molecule has 4 rings (SSSR count). The molecule has 0 aliphatic carbocycles. The maximum atomic E-state index is 12.9. The summed E-state index contributed by atoms with van der Waals surface area (Å²) in [4.78, 5) is 29.9. The van der Waals surface area contributed by atoms with Crippen LogP contribution in [0.5, 0.6) is 5.75 Å². The Morgan fingerprint density at radius 3 is 2.52 bits per heavy atom. The molecule has 0 fully saturated rings. The molecule has 0 amide bonds. The third-order valence-corrected chi connectivity index (χ3v) is 5.31. The molecule has 0 radical (unpaired) electrons. The van der Waals surface area contributed by atoms with E-state index in [9.17, 15) is 9.59 Å². The van der Waals surface area contributed by atoms with E-state index in [1.165, 1.54) is 11.6 Å². The largest absolute Gasteiger partial charge is 0.487 e. The van der Waals surface area contributed by atoms with Crippen LogP contribution in [-0.4, -0.2) is 29.7 Å². The maximum Gasteiger partial charge on any atom is 0.332 e. The summed E-state index contributed by atoms with van der Waals surface area (Å²) in [6, 6.07) is 7.70. The predicted octanol–water partition coefficient (Wildman–Crippen LogP) is 2.25. The summed E-state index contributed by atoms with van der Waals surface area (Å²) in [5.41, 5.74) is 2.61. The zero-order valence-electron chi connectivity index (χ0n) is 17.1. The van der Waals surface area contributed by atoms with Crippen LogP contribution in [0.15, 0.2) is 46.0 Å². The number of ether oxygens (including phenoxy) is 1. The first-order valence-electron chi connectivity index (χ1n) is 9.38. The summed E-state index contributed by atoms with van der Waals surface area (Å²) in [5.74, 6) is 1.27. The first-order valence-corrected chi connectivity index (χ1v) is 9.38. The fourth-order valence-electron chi connectivity index (χ4n) is 3.61. The molecule has 8 heteroatoms. The van der Waals surface area contributed by atoms with Gasteiger partial charge in [0.2, 0.25) is 5.78 Å². The van der Waals surface area contributed by atoms with Crippen molar-refractivity contribution in [1.82, 2.24) is 23.1 Å². The van der Waals surface area contributed by atoms with Crippen LogP contribution in [0.2, 0.25) is 0 Å². The number of para-hydroxylation sites is 2. The lowest BCUT2D eigenvalue weighted by atomic mass is 10.2. The Labute approximate surface area is 166 Å². The van der Waals surface area contributed by atoms with Gasteiger partial charge in [0.15, 0.2) is 11.2 Å². The molecule has 0 saturated heterocycles. The molecule has 0 saturated carbocycles. The van der Waals surface area contributed by atoms with Crippen LogP contribution in [0.1, 0.15) is 18.3 Å². The van der Waals surface area contributed by atoms with Gasteiger partial charge in [0, 0.05) is 25.5 Å². The normalized spacial score (nSPS) is 11.9. The Morgan fingerprint density at radius 2 is 1.79 bits per heavy atom. The lowest BCUT2D eigenvalue weighted by Gasteiger charge is -2.12. The molecule has 0 N–H and O–H groups in total. The molecule has 8 nitrogen and oxygen atoms in total. The SMILES string of the molecule is C/C=C\COc1ccccc1-n1c(C)c(C)n2c3c(=O)n(C)c(=O)n(C)c3nc12. The number of benzene rings is 1. The van der Waals surface area contributed by atoms with Crippen molar-refractivity contribution in [2.45, 2.75) is 20.8 Å².